The Kier molecular flexibility index (Phi) is 3.67. The summed E-state index contributed by atoms with van der Waals surface area (Å²) < 4.78 is 0. The van der Waals surface area contributed by atoms with E-state index in [1.807, 2.05) is 18.2 Å². The molecule has 1 unspecified atom stereocenters. The maximum Gasteiger partial charge on any atom is 0.0479 e. The predicted octanol–water partition coefficient (Wildman–Crippen LogP) is 1.53. The normalized spacial score (nSPS) is 14.0. The lowest BCUT2D eigenvalue weighted by atomic mass is 9.74. The number of aliphatic hydroxyl groups excluding tert-OH is 1. The van der Waals surface area contributed by atoms with Crippen molar-refractivity contribution in [3.8, 4) is 0 Å². The van der Waals surface area contributed by atoms with Crippen molar-refractivity contribution in [2.24, 2.45) is 11.7 Å². The molecule has 2 nitrogen and oxygen atoms in total. The van der Waals surface area contributed by atoms with E-state index in [4.69, 9.17) is 5.73 Å². The fraction of sp³-hybridized carbons (Fsp3) is 0.500. The van der Waals surface area contributed by atoms with Crippen molar-refractivity contribution in [1.82, 2.24) is 0 Å². The molecule has 0 amide bonds. The number of aliphatic hydroxyl groups is 1. The van der Waals surface area contributed by atoms with Crippen molar-refractivity contribution in [2.75, 3.05) is 13.2 Å². The van der Waals surface area contributed by atoms with Gasteiger partial charge in [-0.25, -0.2) is 0 Å². The largest absolute Gasteiger partial charge is 0.396 e. The zero-order valence-corrected chi connectivity index (χ0v) is 8.90. The summed E-state index contributed by atoms with van der Waals surface area (Å²) in [7, 11) is 0. The van der Waals surface area contributed by atoms with Gasteiger partial charge in [-0.1, -0.05) is 44.2 Å². The third kappa shape index (κ3) is 2.14. The smallest absolute Gasteiger partial charge is 0.0479 e. The zero-order chi connectivity index (χ0) is 10.6. The molecule has 0 saturated heterocycles. The molecule has 0 saturated carbocycles. The molecular formula is C12H19NO. The average Bonchev–Trinajstić information content (AvgIpc) is 2.20. The molecule has 1 aromatic carbocycles. The van der Waals surface area contributed by atoms with Gasteiger partial charge in [0.05, 0.1) is 0 Å². The van der Waals surface area contributed by atoms with Crippen molar-refractivity contribution in [2.45, 2.75) is 19.3 Å². The van der Waals surface area contributed by atoms with Crippen LogP contribution < -0.4 is 5.73 Å². The monoisotopic (exact) mass is 193 g/mol. The second-order valence-corrected chi connectivity index (χ2v) is 4.20. The summed E-state index contributed by atoms with van der Waals surface area (Å²) in [6, 6.07) is 10.2. The molecule has 0 aliphatic rings. The first kappa shape index (κ1) is 11.2. The number of hydrogen-bond acceptors (Lipinski definition) is 2. The van der Waals surface area contributed by atoms with Gasteiger partial charge in [-0.3, -0.25) is 0 Å². The Hall–Kier alpha value is -0.860. The lowest BCUT2D eigenvalue weighted by Gasteiger charge is -2.32. The van der Waals surface area contributed by atoms with Crippen molar-refractivity contribution in [1.29, 1.82) is 0 Å². The van der Waals surface area contributed by atoms with E-state index in [1.54, 1.807) is 0 Å². The van der Waals surface area contributed by atoms with Gasteiger partial charge in [0.25, 0.3) is 0 Å². The highest BCUT2D eigenvalue weighted by Crippen LogP contribution is 2.30. The number of hydrogen-bond donors (Lipinski definition) is 2. The Morgan fingerprint density at radius 3 is 2.29 bits per heavy atom. The molecule has 1 aromatic rings. The maximum absolute atomic E-state index is 9.24. The van der Waals surface area contributed by atoms with E-state index in [9.17, 15) is 5.11 Å². The minimum Gasteiger partial charge on any atom is -0.396 e. The van der Waals surface area contributed by atoms with Crippen LogP contribution >= 0.6 is 0 Å². The maximum atomic E-state index is 9.24. The summed E-state index contributed by atoms with van der Waals surface area (Å²) >= 11 is 0. The van der Waals surface area contributed by atoms with E-state index in [2.05, 4.69) is 26.0 Å². The summed E-state index contributed by atoms with van der Waals surface area (Å²) in [6.07, 6.45) is 0. The average molecular weight is 193 g/mol. The summed E-state index contributed by atoms with van der Waals surface area (Å²) in [6.45, 7) is 4.89. The molecule has 0 heterocycles. The van der Waals surface area contributed by atoms with E-state index in [-0.39, 0.29) is 17.9 Å². The van der Waals surface area contributed by atoms with E-state index >= 15 is 0 Å². The third-order valence-electron chi connectivity index (χ3n) is 3.04. The molecule has 1 rings (SSSR count). The quantitative estimate of drug-likeness (QED) is 0.761. The molecule has 1 atom stereocenters. The van der Waals surface area contributed by atoms with Crippen LogP contribution in [-0.4, -0.2) is 18.3 Å². The van der Waals surface area contributed by atoms with Gasteiger partial charge in [0.2, 0.25) is 0 Å². The van der Waals surface area contributed by atoms with Crippen LogP contribution in [0.15, 0.2) is 30.3 Å². The van der Waals surface area contributed by atoms with Crippen LogP contribution in [0.5, 0.6) is 0 Å². The summed E-state index contributed by atoms with van der Waals surface area (Å²) in [5.74, 6) is 0.116. The summed E-state index contributed by atoms with van der Waals surface area (Å²) in [4.78, 5) is 0. The molecule has 3 N–H and O–H groups in total. The van der Waals surface area contributed by atoms with E-state index in [0.717, 1.165) is 0 Å². The molecule has 0 spiro atoms. The second kappa shape index (κ2) is 4.58. The second-order valence-electron chi connectivity index (χ2n) is 4.20. The number of rotatable bonds is 4. The molecule has 0 bridgehead atoms. The molecule has 14 heavy (non-hydrogen) atoms. The minimum absolute atomic E-state index is 0.0647. The SMILES string of the molecule is CC(C)(c1ccccc1)C(CN)CO. The van der Waals surface area contributed by atoms with Crippen LogP contribution in [0.25, 0.3) is 0 Å². The molecule has 0 radical (unpaired) electrons. The third-order valence-corrected chi connectivity index (χ3v) is 3.04. The van der Waals surface area contributed by atoms with Crippen molar-refractivity contribution >= 4 is 0 Å². The van der Waals surface area contributed by atoms with Gasteiger partial charge in [0.15, 0.2) is 0 Å². The standard InChI is InChI=1S/C12H19NO/c1-12(2,11(8-13)9-14)10-6-4-3-5-7-10/h3-7,11,14H,8-9,13H2,1-2H3. The fourth-order valence-electron chi connectivity index (χ4n) is 1.70. The molecule has 0 aromatic heterocycles. The fourth-order valence-corrected chi connectivity index (χ4v) is 1.70. The van der Waals surface area contributed by atoms with Crippen molar-refractivity contribution in [3.63, 3.8) is 0 Å². The lowest BCUT2D eigenvalue weighted by Crippen LogP contribution is -2.36. The Balaban J connectivity index is 2.94. The Morgan fingerprint density at radius 2 is 1.86 bits per heavy atom. The highest BCUT2D eigenvalue weighted by molar-refractivity contribution is 5.24. The van der Waals surface area contributed by atoms with Crippen molar-refractivity contribution in [3.05, 3.63) is 35.9 Å². The highest BCUT2D eigenvalue weighted by atomic mass is 16.3. The van der Waals surface area contributed by atoms with E-state index in [1.165, 1.54) is 5.56 Å². The predicted molar refractivity (Wildman–Crippen MR) is 59.1 cm³/mol. The Labute approximate surface area is 85.8 Å². The first-order valence-electron chi connectivity index (χ1n) is 4.99. The summed E-state index contributed by atoms with van der Waals surface area (Å²) in [5.41, 5.74) is 6.81. The zero-order valence-electron chi connectivity index (χ0n) is 8.90. The first-order chi connectivity index (χ1) is 6.62. The van der Waals surface area contributed by atoms with Gasteiger partial charge < -0.3 is 10.8 Å². The van der Waals surface area contributed by atoms with Gasteiger partial charge in [0, 0.05) is 12.5 Å². The molecule has 0 aliphatic carbocycles. The Morgan fingerprint density at radius 1 is 1.29 bits per heavy atom. The van der Waals surface area contributed by atoms with Crippen LogP contribution in [-0.2, 0) is 5.41 Å². The molecular weight excluding hydrogens is 174 g/mol. The van der Waals surface area contributed by atoms with Gasteiger partial charge in [0.1, 0.15) is 0 Å². The van der Waals surface area contributed by atoms with Crippen molar-refractivity contribution < 1.29 is 5.11 Å². The van der Waals surface area contributed by atoms with Crippen LogP contribution in [0.3, 0.4) is 0 Å². The van der Waals surface area contributed by atoms with Gasteiger partial charge in [-0.15, -0.1) is 0 Å². The molecule has 78 valence electrons. The topological polar surface area (TPSA) is 46.2 Å². The van der Waals surface area contributed by atoms with E-state index in [0.29, 0.717) is 6.54 Å². The molecule has 2 heteroatoms. The van der Waals surface area contributed by atoms with Crippen LogP contribution in [0.4, 0.5) is 0 Å². The molecule has 0 fully saturated rings. The van der Waals surface area contributed by atoms with Crippen LogP contribution in [0, 0.1) is 5.92 Å². The summed E-state index contributed by atoms with van der Waals surface area (Å²) in [5, 5.41) is 9.24. The minimum atomic E-state index is -0.0647. The Bertz CT molecular complexity index is 265. The van der Waals surface area contributed by atoms with E-state index < -0.39 is 0 Å². The van der Waals surface area contributed by atoms with Gasteiger partial charge in [-0.05, 0) is 17.5 Å². The van der Waals surface area contributed by atoms with Crippen LogP contribution in [0.2, 0.25) is 0 Å². The van der Waals surface area contributed by atoms with Gasteiger partial charge in [-0.2, -0.15) is 0 Å². The van der Waals surface area contributed by atoms with Gasteiger partial charge >= 0.3 is 0 Å². The lowest BCUT2D eigenvalue weighted by molar-refractivity contribution is 0.172. The number of benzene rings is 1. The number of nitrogens with two attached hydrogens (primary N) is 1. The van der Waals surface area contributed by atoms with Crippen LogP contribution in [0.1, 0.15) is 19.4 Å². The molecule has 0 aliphatic heterocycles. The first-order valence-corrected chi connectivity index (χ1v) is 4.99. The highest BCUT2D eigenvalue weighted by Gasteiger charge is 2.29.